The fourth-order valence-corrected chi connectivity index (χ4v) is 5.00. The topological polar surface area (TPSA) is 6.48 Å². The maximum absolute atomic E-state index is 2.83. The van der Waals surface area contributed by atoms with Crippen LogP contribution in [0, 0.1) is 5.92 Å². The molecule has 0 saturated carbocycles. The highest BCUT2D eigenvalue weighted by Crippen LogP contribution is 2.29. The lowest BCUT2D eigenvalue weighted by atomic mass is 9.90. The molecule has 0 spiro atoms. The molecule has 0 amide bonds. The van der Waals surface area contributed by atoms with Crippen LogP contribution < -0.4 is 0 Å². The molecule has 1 aromatic rings. The lowest BCUT2D eigenvalue weighted by Crippen LogP contribution is -2.63. The lowest BCUT2D eigenvalue weighted by molar-refractivity contribution is -0.0261. The van der Waals surface area contributed by atoms with Crippen molar-refractivity contribution in [3.8, 4) is 0 Å². The second kappa shape index (κ2) is 6.80. The molecular weight excluding hydrogens is 276 g/mol. The number of hydrogen-bond donors (Lipinski definition) is 0. The van der Waals surface area contributed by atoms with Crippen LogP contribution in [-0.4, -0.2) is 47.6 Å². The first-order chi connectivity index (χ1) is 10.1. The molecule has 3 rings (SSSR count). The molecule has 3 heteroatoms. The van der Waals surface area contributed by atoms with Gasteiger partial charge < -0.3 is 0 Å². The third-order valence-corrected chi connectivity index (χ3v) is 6.33. The Balaban J connectivity index is 1.70. The highest BCUT2D eigenvalue weighted by Gasteiger charge is 2.38. The molecule has 0 N–H and O–H groups in total. The number of rotatable bonds is 4. The van der Waals surface area contributed by atoms with E-state index in [9.17, 15) is 0 Å². The summed E-state index contributed by atoms with van der Waals surface area (Å²) in [7, 11) is 0. The van der Waals surface area contributed by atoms with Crippen molar-refractivity contribution in [2.75, 3.05) is 19.6 Å². The molecular formula is C18H30N2S. The van der Waals surface area contributed by atoms with Gasteiger partial charge in [0.05, 0.1) is 0 Å². The molecule has 3 atom stereocenters. The highest BCUT2D eigenvalue weighted by molar-refractivity contribution is 7.09. The van der Waals surface area contributed by atoms with Gasteiger partial charge in [0.15, 0.2) is 0 Å². The van der Waals surface area contributed by atoms with Crippen molar-refractivity contribution in [2.45, 2.75) is 64.6 Å². The van der Waals surface area contributed by atoms with Crippen LogP contribution in [0.4, 0.5) is 0 Å². The minimum absolute atomic E-state index is 0.667. The molecule has 0 radical (unpaired) electrons. The molecule has 2 fully saturated rings. The first-order valence-electron chi connectivity index (χ1n) is 8.67. The minimum Gasteiger partial charge on any atom is -0.298 e. The Hall–Kier alpha value is -0.380. The summed E-state index contributed by atoms with van der Waals surface area (Å²) in [5.74, 6) is 0.749. The maximum Gasteiger partial charge on any atom is 0.0249 e. The van der Waals surface area contributed by atoms with Crippen LogP contribution in [-0.2, 0) is 6.42 Å². The molecule has 2 aliphatic rings. The summed E-state index contributed by atoms with van der Waals surface area (Å²) in [6, 6.07) is 6.70. The maximum atomic E-state index is 2.83. The molecule has 118 valence electrons. The van der Waals surface area contributed by atoms with Crippen molar-refractivity contribution in [1.82, 2.24) is 9.80 Å². The SMILES string of the molecule is CC(C)C1CN2CCCCC2CN1C(C)Cc1cccs1. The molecule has 1 aromatic heterocycles. The second-order valence-electron chi connectivity index (χ2n) is 7.29. The molecule has 3 unspecified atom stereocenters. The van der Waals surface area contributed by atoms with Gasteiger partial charge in [-0.05, 0) is 50.1 Å². The molecule has 2 saturated heterocycles. The van der Waals surface area contributed by atoms with E-state index in [1.54, 1.807) is 0 Å². The molecule has 2 nitrogen and oxygen atoms in total. The number of thiophene rings is 1. The first kappa shape index (κ1) is 15.5. The molecule has 0 aliphatic carbocycles. The summed E-state index contributed by atoms with van der Waals surface area (Å²) in [5, 5.41) is 2.21. The summed E-state index contributed by atoms with van der Waals surface area (Å²) in [4.78, 5) is 7.15. The molecule has 0 bridgehead atoms. The summed E-state index contributed by atoms with van der Waals surface area (Å²) < 4.78 is 0. The Morgan fingerprint density at radius 2 is 2.10 bits per heavy atom. The molecule has 2 aliphatic heterocycles. The second-order valence-corrected chi connectivity index (χ2v) is 8.32. The van der Waals surface area contributed by atoms with Crippen LogP contribution in [0.5, 0.6) is 0 Å². The fourth-order valence-electron chi connectivity index (χ4n) is 4.17. The smallest absolute Gasteiger partial charge is 0.0249 e. The molecule has 0 aromatic carbocycles. The van der Waals surface area contributed by atoms with E-state index in [2.05, 4.69) is 48.1 Å². The predicted molar refractivity (Wildman–Crippen MR) is 92.0 cm³/mol. The van der Waals surface area contributed by atoms with Crippen molar-refractivity contribution in [2.24, 2.45) is 5.92 Å². The molecule has 3 heterocycles. The van der Waals surface area contributed by atoms with Crippen molar-refractivity contribution in [3.05, 3.63) is 22.4 Å². The first-order valence-corrected chi connectivity index (χ1v) is 9.55. The number of piperidine rings is 1. The Morgan fingerprint density at radius 1 is 1.24 bits per heavy atom. The van der Waals surface area contributed by atoms with E-state index in [0.717, 1.165) is 18.0 Å². The van der Waals surface area contributed by atoms with Gasteiger partial charge in [-0.25, -0.2) is 0 Å². The standard InChI is InChI=1S/C18H30N2S/c1-14(2)18-13-19-9-5-4-7-16(19)12-20(18)15(3)11-17-8-6-10-21-17/h6,8,10,14-16,18H,4-5,7,9,11-13H2,1-3H3. The van der Waals surface area contributed by atoms with Gasteiger partial charge in [0.25, 0.3) is 0 Å². The quantitative estimate of drug-likeness (QED) is 0.833. The number of nitrogens with zero attached hydrogens (tertiary/aromatic N) is 2. The van der Waals surface area contributed by atoms with Crippen molar-refractivity contribution < 1.29 is 0 Å². The predicted octanol–water partition coefficient (Wildman–Crippen LogP) is 3.87. The zero-order chi connectivity index (χ0) is 14.8. The van der Waals surface area contributed by atoms with Gasteiger partial charge >= 0.3 is 0 Å². The third kappa shape index (κ3) is 3.52. The van der Waals surface area contributed by atoms with Crippen LogP contribution in [0.15, 0.2) is 17.5 Å². The van der Waals surface area contributed by atoms with Crippen LogP contribution >= 0.6 is 11.3 Å². The zero-order valence-corrected chi connectivity index (χ0v) is 14.6. The Labute approximate surface area is 134 Å². The van der Waals surface area contributed by atoms with Crippen molar-refractivity contribution >= 4 is 11.3 Å². The van der Waals surface area contributed by atoms with Crippen molar-refractivity contribution in [3.63, 3.8) is 0 Å². The average molecular weight is 307 g/mol. The summed E-state index contributed by atoms with van der Waals surface area (Å²) in [6.45, 7) is 11.2. The van der Waals surface area contributed by atoms with Gasteiger partial charge in [0, 0.05) is 36.1 Å². The van der Waals surface area contributed by atoms with E-state index in [1.165, 1.54) is 50.2 Å². The number of fused-ring (bicyclic) bond motifs is 1. The van der Waals surface area contributed by atoms with Crippen LogP contribution in [0.1, 0.15) is 44.9 Å². The third-order valence-electron chi connectivity index (χ3n) is 5.43. The monoisotopic (exact) mass is 306 g/mol. The van der Waals surface area contributed by atoms with Crippen LogP contribution in [0.2, 0.25) is 0 Å². The fraction of sp³-hybridized carbons (Fsp3) is 0.778. The molecule has 21 heavy (non-hydrogen) atoms. The summed E-state index contributed by atoms with van der Waals surface area (Å²) in [5.41, 5.74) is 0. The van der Waals surface area contributed by atoms with Gasteiger partial charge in [-0.2, -0.15) is 0 Å². The average Bonchev–Trinajstić information content (AvgIpc) is 2.98. The van der Waals surface area contributed by atoms with E-state index >= 15 is 0 Å². The van der Waals surface area contributed by atoms with Gasteiger partial charge in [-0.3, -0.25) is 9.80 Å². The van der Waals surface area contributed by atoms with E-state index in [1.807, 2.05) is 11.3 Å². The normalized spacial score (nSPS) is 29.5. The van der Waals surface area contributed by atoms with Gasteiger partial charge in [0.2, 0.25) is 0 Å². The van der Waals surface area contributed by atoms with Gasteiger partial charge in [0.1, 0.15) is 0 Å². The Morgan fingerprint density at radius 3 is 2.81 bits per heavy atom. The zero-order valence-electron chi connectivity index (χ0n) is 13.8. The summed E-state index contributed by atoms with van der Waals surface area (Å²) >= 11 is 1.91. The van der Waals surface area contributed by atoms with E-state index < -0.39 is 0 Å². The largest absolute Gasteiger partial charge is 0.298 e. The van der Waals surface area contributed by atoms with Crippen LogP contribution in [0.3, 0.4) is 0 Å². The highest BCUT2D eigenvalue weighted by atomic mass is 32.1. The lowest BCUT2D eigenvalue weighted by Gasteiger charge is -2.51. The Kier molecular flexibility index (Phi) is 5.03. The summed E-state index contributed by atoms with van der Waals surface area (Å²) in [6.07, 6.45) is 5.47. The van der Waals surface area contributed by atoms with Crippen LogP contribution in [0.25, 0.3) is 0 Å². The Bertz CT molecular complexity index is 428. The van der Waals surface area contributed by atoms with Gasteiger partial charge in [-0.1, -0.05) is 26.3 Å². The van der Waals surface area contributed by atoms with Crippen molar-refractivity contribution in [1.29, 1.82) is 0 Å². The van der Waals surface area contributed by atoms with E-state index in [-0.39, 0.29) is 0 Å². The van der Waals surface area contributed by atoms with E-state index in [0.29, 0.717) is 6.04 Å². The van der Waals surface area contributed by atoms with E-state index in [4.69, 9.17) is 0 Å². The number of piperazine rings is 1. The van der Waals surface area contributed by atoms with Gasteiger partial charge in [-0.15, -0.1) is 11.3 Å². The minimum atomic E-state index is 0.667. The number of hydrogen-bond acceptors (Lipinski definition) is 3.